The first kappa shape index (κ1) is 38.5. The lowest BCUT2D eigenvalue weighted by molar-refractivity contribution is -0.147. The van der Waals surface area contributed by atoms with Gasteiger partial charge in [-0.25, -0.2) is 4.79 Å². The van der Waals surface area contributed by atoms with Crippen LogP contribution < -0.4 is 5.32 Å². The number of carbonyl (C=O) groups is 3. The van der Waals surface area contributed by atoms with Gasteiger partial charge in [-0.15, -0.1) is 0 Å². The van der Waals surface area contributed by atoms with Gasteiger partial charge in [-0.05, 0) is 43.5 Å². The fraction of sp³-hybridized carbons (Fsp3) is 0.750. The molecule has 0 saturated heterocycles. The van der Waals surface area contributed by atoms with Crippen molar-refractivity contribution >= 4 is 17.8 Å². The summed E-state index contributed by atoms with van der Waals surface area (Å²) in [5, 5.41) is 12.2. The second-order valence-electron chi connectivity index (χ2n) is 11.9. The Morgan fingerprint density at radius 2 is 1.05 bits per heavy atom. The minimum absolute atomic E-state index is 0.0195. The van der Waals surface area contributed by atoms with Crippen LogP contribution in [0.4, 0.5) is 0 Å². The predicted molar refractivity (Wildman–Crippen MR) is 174 cm³/mol. The highest BCUT2D eigenvalue weighted by Crippen LogP contribution is 2.14. The second kappa shape index (κ2) is 27.0. The molecule has 0 aromatic heterocycles. The van der Waals surface area contributed by atoms with E-state index in [2.05, 4.69) is 19.2 Å². The summed E-state index contributed by atoms with van der Waals surface area (Å²) in [5.74, 6) is -1.32. The Morgan fingerprint density at radius 3 is 1.51 bits per heavy atom. The fourth-order valence-corrected chi connectivity index (χ4v) is 5.08. The molecule has 1 atom stereocenters. The van der Waals surface area contributed by atoms with Crippen LogP contribution in [0.2, 0.25) is 0 Å². The number of amides is 1. The van der Waals surface area contributed by atoms with E-state index in [1.165, 1.54) is 114 Å². The van der Waals surface area contributed by atoms with Gasteiger partial charge in [0.05, 0.1) is 13.2 Å². The van der Waals surface area contributed by atoms with Crippen molar-refractivity contribution in [3.05, 3.63) is 29.8 Å². The molecule has 246 valence electrons. The molecule has 0 bridgehead atoms. The molecule has 7 heteroatoms. The first-order chi connectivity index (χ1) is 21.0. The van der Waals surface area contributed by atoms with E-state index in [1.54, 1.807) is 0 Å². The summed E-state index contributed by atoms with van der Waals surface area (Å²) in [5.41, 5.74) is 0.314. The summed E-state index contributed by atoms with van der Waals surface area (Å²) in [4.78, 5) is 38.0. The maximum atomic E-state index is 12.9. The van der Waals surface area contributed by atoms with E-state index in [4.69, 9.17) is 9.47 Å². The number of ether oxygens (including phenoxy) is 2. The van der Waals surface area contributed by atoms with Gasteiger partial charge in [-0.1, -0.05) is 129 Å². The van der Waals surface area contributed by atoms with E-state index in [-0.39, 0.29) is 24.6 Å². The summed E-state index contributed by atoms with van der Waals surface area (Å²) >= 11 is 0. The van der Waals surface area contributed by atoms with Gasteiger partial charge in [-0.3, -0.25) is 9.59 Å². The summed E-state index contributed by atoms with van der Waals surface area (Å²) in [6, 6.07) is 4.85. The molecule has 0 saturated carbocycles. The van der Waals surface area contributed by atoms with Crippen LogP contribution in [0.3, 0.4) is 0 Å². The van der Waals surface area contributed by atoms with Crippen molar-refractivity contribution < 1.29 is 29.0 Å². The molecule has 0 fully saturated rings. The fourth-order valence-electron chi connectivity index (χ4n) is 5.08. The van der Waals surface area contributed by atoms with Gasteiger partial charge < -0.3 is 19.9 Å². The molecule has 2 N–H and O–H groups in total. The topological polar surface area (TPSA) is 102 Å². The zero-order chi connectivity index (χ0) is 31.4. The van der Waals surface area contributed by atoms with Crippen LogP contribution >= 0.6 is 0 Å². The lowest BCUT2D eigenvalue weighted by Gasteiger charge is -2.18. The van der Waals surface area contributed by atoms with Crippen molar-refractivity contribution in [2.24, 2.45) is 0 Å². The normalized spacial score (nSPS) is 11.7. The highest BCUT2D eigenvalue weighted by molar-refractivity contribution is 5.97. The van der Waals surface area contributed by atoms with E-state index < -0.39 is 17.9 Å². The van der Waals surface area contributed by atoms with E-state index in [0.717, 1.165) is 38.5 Å². The molecule has 0 aliphatic carbocycles. The Balaban J connectivity index is 2.34. The number of nitrogens with one attached hydrogen (secondary N) is 1. The molecule has 0 spiro atoms. The van der Waals surface area contributed by atoms with Crippen LogP contribution in [-0.2, 0) is 19.1 Å². The second-order valence-corrected chi connectivity index (χ2v) is 11.9. The zero-order valence-electron chi connectivity index (χ0n) is 27.3. The van der Waals surface area contributed by atoms with Crippen molar-refractivity contribution in [1.29, 1.82) is 0 Å². The quantitative estimate of drug-likeness (QED) is 0.0731. The Bertz CT molecular complexity index is 841. The minimum Gasteiger partial charge on any atom is -0.508 e. The Kier molecular flexibility index (Phi) is 24.2. The number of rotatable bonds is 28. The number of unbranched alkanes of at least 4 members (excludes halogenated alkanes) is 18. The standard InChI is InChI=1S/C36H61NO6/c1-3-5-7-9-11-13-15-17-19-21-29-42-34(39)28-27-33(37-35(40)31-23-25-32(38)26-24-31)36(41)43-30-22-20-18-16-14-12-10-8-6-4-2/h23-26,33,38H,3-22,27-30H2,1-2H3,(H,37,40). The summed E-state index contributed by atoms with van der Waals surface area (Å²) in [6.45, 7) is 5.14. The number of hydrogen-bond donors (Lipinski definition) is 2. The molecule has 1 unspecified atom stereocenters. The molecule has 0 radical (unpaired) electrons. The van der Waals surface area contributed by atoms with E-state index in [0.29, 0.717) is 18.8 Å². The molecule has 0 aliphatic heterocycles. The first-order valence-electron chi connectivity index (χ1n) is 17.4. The third kappa shape index (κ3) is 21.7. The van der Waals surface area contributed by atoms with Crippen LogP contribution in [0.5, 0.6) is 5.75 Å². The maximum absolute atomic E-state index is 12.9. The molecule has 1 rings (SSSR count). The maximum Gasteiger partial charge on any atom is 0.328 e. The molecular weight excluding hydrogens is 542 g/mol. The number of hydrogen-bond acceptors (Lipinski definition) is 6. The van der Waals surface area contributed by atoms with E-state index in [9.17, 15) is 19.5 Å². The van der Waals surface area contributed by atoms with Crippen molar-refractivity contribution in [2.45, 2.75) is 161 Å². The van der Waals surface area contributed by atoms with Gasteiger partial charge in [0.15, 0.2) is 0 Å². The molecule has 43 heavy (non-hydrogen) atoms. The first-order valence-corrected chi connectivity index (χ1v) is 17.4. The lowest BCUT2D eigenvalue weighted by atomic mass is 10.1. The molecule has 1 aromatic rings. The Labute approximate surface area is 261 Å². The molecule has 1 amide bonds. The molecule has 0 heterocycles. The summed E-state index contributed by atoms with van der Waals surface area (Å²) in [7, 11) is 0. The van der Waals surface area contributed by atoms with Crippen LogP contribution in [0.15, 0.2) is 24.3 Å². The average Bonchev–Trinajstić information content (AvgIpc) is 3.00. The average molecular weight is 604 g/mol. The molecule has 7 nitrogen and oxygen atoms in total. The summed E-state index contributed by atoms with van der Waals surface area (Å²) in [6.07, 6.45) is 24.1. The van der Waals surface area contributed by atoms with Crippen molar-refractivity contribution in [3.63, 3.8) is 0 Å². The SMILES string of the molecule is CCCCCCCCCCCCOC(=O)CCC(NC(=O)c1ccc(O)cc1)C(=O)OCCCCCCCCCCCC. The van der Waals surface area contributed by atoms with Crippen LogP contribution in [0, 0.1) is 0 Å². The number of aromatic hydroxyl groups is 1. The smallest absolute Gasteiger partial charge is 0.328 e. The lowest BCUT2D eigenvalue weighted by Crippen LogP contribution is -2.42. The van der Waals surface area contributed by atoms with Crippen LogP contribution in [0.25, 0.3) is 0 Å². The van der Waals surface area contributed by atoms with Gasteiger partial charge in [0.25, 0.3) is 5.91 Å². The van der Waals surface area contributed by atoms with Gasteiger partial charge in [0.2, 0.25) is 0 Å². The predicted octanol–water partition coefficient (Wildman–Crippen LogP) is 9.20. The number of carbonyl (C=O) groups excluding carboxylic acids is 3. The highest BCUT2D eigenvalue weighted by Gasteiger charge is 2.24. The highest BCUT2D eigenvalue weighted by atomic mass is 16.5. The third-order valence-electron chi connectivity index (χ3n) is 7.86. The Hall–Kier alpha value is -2.57. The molecule has 1 aromatic carbocycles. The van der Waals surface area contributed by atoms with Gasteiger partial charge in [0, 0.05) is 12.0 Å². The van der Waals surface area contributed by atoms with Crippen molar-refractivity contribution in [2.75, 3.05) is 13.2 Å². The summed E-state index contributed by atoms with van der Waals surface area (Å²) < 4.78 is 10.9. The molecule has 0 aliphatic rings. The zero-order valence-corrected chi connectivity index (χ0v) is 27.3. The van der Waals surface area contributed by atoms with Gasteiger partial charge in [-0.2, -0.15) is 0 Å². The van der Waals surface area contributed by atoms with Gasteiger partial charge >= 0.3 is 11.9 Å². The van der Waals surface area contributed by atoms with Crippen LogP contribution in [0.1, 0.15) is 165 Å². The monoisotopic (exact) mass is 603 g/mol. The van der Waals surface area contributed by atoms with E-state index >= 15 is 0 Å². The molecular formula is C36H61NO6. The Morgan fingerprint density at radius 1 is 0.628 bits per heavy atom. The largest absolute Gasteiger partial charge is 0.508 e. The number of esters is 2. The third-order valence-corrected chi connectivity index (χ3v) is 7.86. The number of phenols is 1. The van der Waals surface area contributed by atoms with Crippen LogP contribution in [-0.4, -0.2) is 42.2 Å². The van der Waals surface area contributed by atoms with Crippen molar-refractivity contribution in [1.82, 2.24) is 5.32 Å². The van der Waals surface area contributed by atoms with Gasteiger partial charge in [0.1, 0.15) is 11.8 Å². The minimum atomic E-state index is -0.950. The number of phenolic OH excluding ortho intramolecular Hbond substituents is 1. The van der Waals surface area contributed by atoms with Crippen molar-refractivity contribution in [3.8, 4) is 5.75 Å². The van der Waals surface area contributed by atoms with E-state index in [1.807, 2.05) is 0 Å². The number of benzene rings is 1.